The zero-order valence-corrected chi connectivity index (χ0v) is 6.47. The highest BCUT2D eigenvalue weighted by Gasteiger charge is 2.18. The Labute approximate surface area is 72.2 Å². The van der Waals surface area contributed by atoms with Gasteiger partial charge in [-0.05, 0) is 0 Å². The molecule has 13 heavy (non-hydrogen) atoms. The van der Waals surface area contributed by atoms with Gasteiger partial charge >= 0.3 is 0 Å². The van der Waals surface area contributed by atoms with E-state index in [1.54, 1.807) is 0 Å². The molecule has 0 aliphatic carbocycles. The van der Waals surface area contributed by atoms with Gasteiger partial charge in [-0.25, -0.2) is 13.2 Å². The summed E-state index contributed by atoms with van der Waals surface area (Å²) in [7, 11) is 0. The van der Waals surface area contributed by atoms with E-state index in [4.69, 9.17) is 10.2 Å². The molecule has 0 saturated heterocycles. The van der Waals surface area contributed by atoms with Crippen LogP contribution in [0.4, 0.5) is 13.2 Å². The smallest absolute Gasteiger partial charge is 0.134 e. The van der Waals surface area contributed by atoms with Gasteiger partial charge in [0.2, 0.25) is 0 Å². The van der Waals surface area contributed by atoms with Crippen LogP contribution in [-0.2, 0) is 0 Å². The molecule has 1 rings (SSSR count). The summed E-state index contributed by atoms with van der Waals surface area (Å²) in [6.07, 6.45) is -1.67. The molecule has 5 heteroatoms. The predicted octanol–water partition coefficient (Wildman–Crippen LogP) is 1.13. The van der Waals surface area contributed by atoms with Crippen LogP contribution < -0.4 is 0 Å². The summed E-state index contributed by atoms with van der Waals surface area (Å²) in [5, 5.41) is 17.4. The lowest BCUT2D eigenvalue weighted by Crippen LogP contribution is -2.08. The van der Waals surface area contributed by atoms with Crippen molar-refractivity contribution >= 4 is 0 Å². The third-order valence-electron chi connectivity index (χ3n) is 1.55. The molecule has 0 saturated carbocycles. The molecule has 0 aromatic heterocycles. The molecule has 72 valence electrons. The van der Waals surface area contributed by atoms with E-state index < -0.39 is 35.7 Å². The highest BCUT2D eigenvalue weighted by atomic mass is 19.1. The lowest BCUT2D eigenvalue weighted by Gasteiger charge is -2.09. The molecule has 1 aromatic rings. The number of hydrogen-bond donors (Lipinski definition) is 2. The summed E-state index contributed by atoms with van der Waals surface area (Å²) in [6, 6.07) is 0.884. The molecule has 1 unspecified atom stereocenters. The first kappa shape index (κ1) is 10.0. The van der Waals surface area contributed by atoms with Crippen molar-refractivity contribution in [3.8, 4) is 0 Å². The van der Waals surface area contributed by atoms with E-state index >= 15 is 0 Å². The molecule has 0 bridgehead atoms. The van der Waals surface area contributed by atoms with Crippen molar-refractivity contribution < 1.29 is 23.4 Å². The quantitative estimate of drug-likeness (QED) is 0.737. The predicted molar refractivity (Wildman–Crippen MR) is 38.4 cm³/mol. The van der Waals surface area contributed by atoms with E-state index in [0.29, 0.717) is 12.1 Å². The summed E-state index contributed by atoms with van der Waals surface area (Å²) in [5.74, 6) is -3.48. The molecule has 2 N–H and O–H groups in total. The van der Waals surface area contributed by atoms with Gasteiger partial charge in [-0.3, -0.25) is 0 Å². The van der Waals surface area contributed by atoms with Gasteiger partial charge in [-0.1, -0.05) is 0 Å². The first-order chi connectivity index (χ1) is 6.06. The summed E-state index contributed by atoms with van der Waals surface area (Å²) in [4.78, 5) is 0. The van der Waals surface area contributed by atoms with Gasteiger partial charge in [0.25, 0.3) is 0 Å². The Bertz CT molecular complexity index is 291. The van der Waals surface area contributed by atoms with Crippen LogP contribution in [0.3, 0.4) is 0 Å². The second-order valence-electron chi connectivity index (χ2n) is 2.48. The van der Waals surface area contributed by atoms with Crippen molar-refractivity contribution in [1.82, 2.24) is 0 Å². The Morgan fingerprint density at radius 3 is 2.00 bits per heavy atom. The van der Waals surface area contributed by atoms with Crippen LogP contribution >= 0.6 is 0 Å². The van der Waals surface area contributed by atoms with Crippen LogP contribution in [0.1, 0.15) is 11.7 Å². The highest BCUT2D eigenvalue weighted by Crippen LogP contribution is 2.21. The van der Waals surface area contributed by atoms with Gasteiger partial charge < -0.3 is 10.2 Å². The highest BCUT2D eigenvalue weighted by molar-refractivity contribution is 5.23. The van der Waals surface area contributed by atoms with Crippen molar-refractivity contribution in [2.75, 3.05) is 6.61 Å². The fourth-order valence-electron chi connectivity index (χ4n) is 0.963. The molecule has 1 aromatic carbocycles. The average Bonchev–Trinajstić information content (AvgIpc) is 2.02. The molecule has 0 aliphatic rings. The van der Waals surface area contributed by atoms with E-state index in [0.717, 1.165) is 0 Å². The Kier molecular flexibility index (Phi) is 2.90. The van der Waals surface area contributed by atoms with E-state index in [-0.39, 0.29) is 0 Å². The maximum Gasteiger partial charge on any atom is 0.134 e. The largest absolute Gasteiger partial charge is 0.393 e. The molecular weight excluding hydrogens is 185 g/mol. The number of rotatable bonds is 2. The van der Waals surface area contributed by atoms with Crippen LogP contribution in [-0.4, -0.2) is 16.8 Å². The maximum atomic E-state index is 12.8. The van der Waals surface area contributed by atoms with E-state index in [9.17, 15) is 13.2 Å². The minimum atomic E-state index is -1.67. The van der Waals surface area contributed by atoms with Gasteiger partial charge in [0.1, 0.15) is 23.6 Å². The first-order valence-corrected chi connectivity index (χ1v) is 3.49. The van der Waals surface area contributed by atoms with Crippen LogP contribution in [0, 0.1) is 17.5 Å². The van der Waals surface area contributed by atoms with Gasteiger partial charge in [-0.2, -0.15) is 0 Å². The maximum absolute atomic E-state index is 12.8. The molecule has 1 atom stereocenters. The van der Waals surface area contributed by atoms with Crippen molar-refractivity contribution in [2.24, 2.45) is 0 Å². The fraction of sp³-hybridized carbons (Fsp3) is 0.250. The molecular formula is C8H7F3O2. The van der Waals surface area contributed by atoms with Crippen molar-refractivity contribution in [1.29, 1.82) is 0 Å². The lowest BCUT2D eigenvalue weighted by atomic mass is 10.1. The Balaban J connectivity index is 3.20. The average molecular weight is 192 g/mol. The number of aliphatic hydroxyl groups is 2. The van der Waals surface area contributed by atoms with Gasteiger partial charge in [-0.15, -0.1) is 0 Å². The summed E-state index contributed by atoms with van der Waals surface area (Å²) in [5.41, 5.74) is -0.719. The van der Waals surface area contributed by atoms with Crippen molar-refractivity contribution in [3.63, 3.8) is 0 Å². The van der Waals surface area contributed by atoms with E-state index in [1.165, 1.54) is 0 Å². The number of benzene rings is 1. The zero-order chi connectivity index (χ0) is 10.0. The Morgan fingerprint density at radius 2 is 1.62 bits per heavy atom. The molecule has 0 radical (unpaired) electrons. The number of halogens is 3. The second kappa shape index (κ2) is 3.76. The van der Waals surface area contributed by atoms with E-state index in [1.807, 2.05) is 0 Å². The Morgan fingerprint density at radius 1 is 1.15 bits per heavy atom. The standard InChI is InChI=1S/C8H7F3O2/c9-4-1-5(10)8(6(11)2-4)7(13)3-12/h1-2,7,12-13H,3H2. The first-order valence-electron chi connectivity index (χ1n) is 3.49. The molecule has 0 fully saturated rings. The summed E-state index contributed by atoms with van der Waals surface area (Å²) < 4.78 is 37.9. The minimum absolute atomic E-state index is 0.442. The van der Waals surface area contributed by atoms with E-state index in [2.05, 4.69) is 0 Å². The third-order valence-corrected chi connectivity index (χ3v) is 1.55. The monoisotopic (exact) mass is 192 g/mol. The molecule has 0 heterocycles. The topological polar surface area (TPSA) is 40.5 Å². The summed E-state index contributed by atoms with van der Waals surface area (Å²) in [6.45, 7) is -0.820. The van der Waals surface area contributed by atoms with Crippen LogP contribution in [0.25, 0.3) is 0 Å². The molecule has 0 aliphatic heterocycles. The van der Waals surface area contributed by atoms with Crippen molar-refractivity contribution in [2.45, 2.75) is 6.10 Å². The molecule has 2 nitrogen and oxygen atoms in total. The van der Waals surface area contributed by atoms with Crippen LogP contribution in [0.15, 0.2) is 12.1 Å². The second-order valence-corrected chi connectivity index (χ2v) is 2.48. The van der Waals surface area contributed by atoms with Gasteiger partial charge in [0.15, 0.2) is 0 Å². The van der Waals surface area contributed by atoms with Crippen LogP contribution in [0.2, 0.25) is 0 Å². The Hall–Kier alpha value is -1.07. The van der Waals surface area contributed by atoms with Gasteiger partial charge in [0, 0.05) is 12.1 Å². The van der Waals surface area contributed by atoms with Crippen LogP contribution in [0.5, 0.6) is 0 Å². The SMILES string of the molecule is OCC(O)c1c(F)cc(F)cc1F. The molecule has 0 spiro atoms. The summed E-state index contributed by atoms with van der Waals surface area (Å²) >= 11 is 0. The fourth-order valence-corrected chi connectivity index (χ4v) is 0.963. The number of hydrogen-bond acceptors (Lipinski definition) is 2. The zero-order valence-electron chi connectivity index (χ0n) is 6.47. The normalized spacial score (nSPS) is 13.0. The minimum Gasteiger partial charge on any atom is -0.393 e. The number of aliphatic hydroxyl groups excluding tert-OH is 2. The van der Waals surface area contributed by atoms with Crippen molar-refractivity contribution in [3.05, 3.63) is 35.1 Å². The van der Waals surface area contributed by atoms with Gasteiger partial charge in [0.05, 0.1) is 12.2 Å². The lowest BCUT2D eigenvalue weighted by molar-refractivity contribution is 0.0892. The third kappa shape index (κ3) is 1.99. The molecule has 0 amide bonds.